The molecule has 7 nitrogen and oxygen atoms in total. The van der Waals surface area contributed by atoms with Gasteiger partial charge in [-0.05, 0) is 43.9 Å². The minimum Gasteiger partial charge on any atom is -0.465 e. The predicted molar refractivity (Wildman–Crippen MR) is 91.6 cm³/mol. The number of amides is 3. The van der Waals surface area contributed by atoms with Gasteiger partial charge in [0.05, 0.1) is 12.1 Å². The van der Waals surface area contributed by atoms with E-state index in [0.717, 1.165) is 31.0 Å². The van der Waals surface area contributed by atoms with Gasteiger partial charge in [-0.1, -0.05) is 6.07 Å². The first-order chi connectivity index (χ1) is 13.1. The fraction of sp³-hybridized carbons (Fsp3) is 0.500. The Morgan fingerprint density at radius 2 is 1.79 bits per heavy atom. The van der Waals surface area contributed by atoms with Crippen LogP contribution in [0.5, 0.6) is 0 Å². The number of rotatable bonds is 4. The summed E-state index contributed by atoms with van der Waals surface area (Å²) in [5, 5.41) is 14.3. The summed E-state index contributed by atoms with van der Waals surface area (Å²) in [4.78, 5) is 36.8. The summed E-state index contributed by atoms with van der Waals surface area (Å²) in [6, 6.07) is 3.52. The number of halogens is 3. The molecule has 0 saturated carbocycles. The Labute approximate surface area is 158 Å². The number of benzene rings is 1. The molecule has 0 aliphatic carbocycles. The largest absolute Gasteiger partial charge is 0.465 e. The van der Waals surface area contributed by atoms with E-state index in [1.807, 2.05) is 0 Å². The lowest BCUT2D eigenvalue weighted by Gasteiger charge is -2.37. The van der Waals surface area contributed by atoms with Gasteiger partial charge in [0.15, 0.2) is 0 Å². The van der Waals surface area contributed by atoms with Crippen molar-refractivity contribution in [1.29, 1.82) is 0 Å². The van der Waals surface area contributed by atoms with Crippen LogP contribution in [-0.4, -0.2) is 52.6 Å². The average Bonchev–Trinajstić information content (AvgIpc) is 2.90. The highest BCUT2D eigenvalue weighted by Gasteiger charge is 2.43. The molecule has 3 amide bonds. The van der Waals surface area contributed by atoms with Crippen molar-refractivity contribution in [2.24, 2.45) is 0 Å². The molecular formula is C18H20F3N3O4. The Kier molecular flexibility index (Phi) is 5.48. The number of carbonyl (C=O) groups excluding carboxylic acids is 2. The third-order valence-electron chi connectivity index (χ3n) is 5.18. The quantitative estimate of drug-likeness (QED) is 0.723. The lowest BCUT2D eigenvalue weighted by Crippen LogP contribution is -2.53. The van der Waals surface area contributed by atoms with Crippen molar-refractivity contribution in [3.8, 4) is 0 Å². The predicted octanol–water partition coefficient (Wildman–Crippen LogP) is 2.22. The molecule has 0 spiro atoms. The summed E-state index contributed by atoms with van der Waals surface area (Å²) in [5.41, 5.74) is -1.12. The summed E-state index contributed by atoms with van der Waals surface area (Å²) in [6.45, 7) is -0.371. The Morgan fingerprint density at radius 1 is 1.14 bits per heavy atom. The van der Waals surface area contributed by atoms with Crippen LogP contribution in [0.1, 0.15) is 41.6 Å². The molecule has 2 atom stereocenters. The SMILES string of the molecule is O=C(CNC(=O)c1cccc(C(F)(F)F)c1)NC1CC2CCC(C1)N2C(=O)O. The second-order valence-corrected chi connectivity index (χ2v) is 7.07. The molecule has 152 valence electrons. The maximum atomic E-state index is 12.7. The van der Waals surface area contributed by atoms with Crippen LogP contribution in [0.3, 0.4) is 0 Å². The highest BCUT2D eigenvalue weighted by atomic mass is 19.4. The highest BCUT2D eigenvalue weighted by Crippen LogP contribution is 2.35. The Balaban J connectivity index is 1.50. The fourth-order valence-corrected chi connectivity index (χ4v) is 3.99. The molecule has 2 fully saturated rings. The van der Waals surface area contributed by atoms with Crippen molar-refractivity contribution in [2.75, 3.05) is 6.54 Å². The van der Waals surface area contributed by atoms with E-state index in [1.54, 1.807) is 0 Å². The monoisotopic (exact) mass is 399 g/mol. The van der Waals surface area contributed by atoms with Gasteiger partial charge in [-0.3, -0.25) is 9.59 Å². The van der Waals surface area contributed by atoms with Gasteiger partial charge in [0, 0.05) is 23.7 Å². The molecule has 0 aromatic heterocycles. The number of nitrogens with one attached hydrogen (secondary N) is 2. The van der Waals surface area contributed by atoms with Crippen LogP contribution in [0.25, 0.3) is 0 Å². The lowest BCUT2D eigenvalue weighted by atomic mass is 9.98. The topological polar surface area (TPSA) is 98.7 Å². The molecule has 3 N–H and O–H groups in total. The van der Waals surface area contributed by atoms with E-state index >= 15 is 0 Å². The molecule has 1 aromatic rings. The van der Waals surface area contributed by atoms with Gasteiger partial charge >= 0.3 is 12.3 Å². The first-order valence-electron chi connectivity index (χ1n) is 8.91. The van der Waals surface area contributed by atoms with E-state index in [0.29, 0.717) is 12.8 Å². The number of nitrogens with zero attached hydrogens (tertiary/aromatic N) is 1. The highest BCUT2D eigenvalue weighted by molar-refractivity contribution is 5.96. The van der Waals surface area contributed by atoms with Gasteiger partial charge in [-0.15, -0.1) is 0 Å². The number of carboxylic acid groups (broad SMARTS) is 1. The first kappa shape index (κ1) is 20.0. The normalized spacial score (nSPS) is 24.0. The van der Waals surface area contributed by atoms with Gasteiger partial charge in [0.2, 0.25) is 5.91 Å². The number of alkyl halides is 3. The molecular weight excluding hydrogens is 379 g/mol. The Morgan fingerprint density at radius 3 is 2.36 bits per heavy atom. The zero-order valence-corrected chi connectivity index (χ0v) is 14.8. The Hall–Kier alpha value is -2.78. The van der Waals surface area contributed by atoms with Crippen molar-refractivity contribution >= 4 is 17.9 Å². The molecule has 2 heterocycles. The van der Waals surface area contributed by atoms with E-state index < -0.39 is 29.6 Å². The summed E-state index contributed by atoms with van der Waals surface area (Å²) in [6.07, 6.45) is -2.97. The third-order valence-corrected chi connectivity index (χ3v) is 5.18. The molecule has 28 heavy (non-hydrogen) atoms. The summed E-state index contributed by atoms with van der Waals surface area (Å²) in [5.74, 6) is -1.24. The number of fused-ring (bicyclic) bond motifs is 2. The molecule has 3 rings (SSSR count). The number of hydrogen-bond donors (Lipinski definition) is 3. The zero-order chi connectivity index (χ0) is 20.5. The number of hydrogen-bond acceptors (Lipinski definition) is 3. The van der Waals surface area contributed by atoms with Crippen molar-refractivity contribution < 1.29 is 32.7 Å². The minimum atomic E-state index is -4.56. The zero-order valence-electron chi connectivity index (χ0n) is 14.8. The molecule has 2 unspecified atom stereocenters. The van der Waals surface area contributed by atoms with Gasteiger partial charge in [-0.2, -0.15) is 13.2 Å². The summed E-state index contributed by atoms with van der Waals surface area (Å²) < 4.78 is 38.1. The molecule has 1 aromatic carbocycles. The Bertz CT molecular complexity index is 770. The van der Waals surface area contributed by atoms with Crippen LogP contribution in [0, 0.1) is 0 Å². The molecule has 10 heteroatoms. The van der Waals surface area contributed by atoms with Gasteiger partial charge in [0.25, 0.3) is 5.91 Å². The molecule has 2 aliphatic rings. The molecule has 2 bridgehead atoms. The van der Waals surface area contributed by atoms with Crippen molar-refractivity contribution in [2.45, 2.75) is 50.0 Å². The van der Waals surface area contributed by atoms with E-state index in [1.165, 1.54) is 11.0 Å². The summed E-state index contributed by atoms with van der Waals surface area (Å²) in [7, 11) is 0. The van der Waals surface area contributed by atoms with Crippen LogP contribution in [0.15, 0.2) is 24.3 Å². The number of carbonyl (C=O) groups is 3. The van der Waals surface area contributed by atoms with E-state index in [2.05, 4.69) is 10.6 Å². The van der Waals surface area contributed by atoms with Gasteiger partial charge < -0.3 is 20.6 Å². The minimum absolute atomic E-state index is 0.124. The van der Waals surface area contributed by atoms with E-state index in [9.17, 15) is 32.7 Å². The van der Waals surface area contributed by atoms with Crippen molar-refractivity contribution in [3.63, 3.8) is 0 Å². The maximum absolute atomic E-state index is 12.7. The first-order valence-corrected chi connectivity index (χ1v) is 8.91. The molecule has 2 aliphatic heterocycles. The standard InChI is InChI=1S/C18H20F3N3O4/c19-18(20,21)11-3-1-2-10(6-11)16(26)22-9-15(25)23-12-7-13-4-5-14(8-12)24(13)17(27)28/h1-3,6,12-14H,4-5,7-9H2,(H,22,26)(H,23,25)(H,27,28). The van der Waals surface area contributed by atoms with Gasteiger partial charge in [-0.25, -0.2) is 4.79 Å². The van der Waals surface area contributed by atoms with Gasteiger partial charge in [0.1, 0.15) is 0 Å². The maximum Gasteiger partial charge on any atom is 0.416 e. The van der Waals surface area contributed by atoms with Crippen molar-refractivity contribution in [3.05, 3.63) is 35.4 Å². The van der Waals surface area contributed by atoms with Crippen molar-refractivity contribution in [1.82, 2.24) is 15.5 Å². The van der Waals surface area contributed by atoms with E-state index in [-0.39, 0.29) is 30.2 Å². The van der Waals surface area contributed by atoms with Crippen LogP contribution < -0.4 is 10.6 Å². The second-order valence-electron chi connectivity index (χ2n) is 7.07. The molecule has 0 radical (unpaired) electrons. The smallest absolute Gasteiger partial charge is 0.416 e. The van der Waals surface area contributed by atoms with Crippen LogP contribution in [-0.2, 0) is 11.0 Å². The van der Waals surface area contributed by atoms with Crippen LogP contribution in [0.4, 0.5) is 18.0 Å². The fourth-order valence-electron chi connectivity index (χ4n) is 3.99. The third kappa shape index (κ3) is 4.37. The van der Waals surface area contributed by atoms with Crippen LogP contribution >= 0.6 is 0 Å². The lowest BCUT2D eigenvalue weighted by molar-refractivity contribution is -0.137. The van der Waals surface area contributed by atoms with Crippen LogP contribution in [0.2, 0.25) is 0 Å². The molecule has 2 saturated heterocycles. The van der Waals surface area contributed by atoms with E-state index in [4.69, 9.17) is 0 Å². The number of piperidine rings is 1. The second kappa shape index (κ2) is 7.69. The average molecular weight is 399 g/mol. The summed E-state index contributed by atoms with van der Waals surface area (Å²) >= 11 is 0.